The summed E-state index contributed by atoms with van der Waals surface area (Å²) in [6.07, 6.45) is 4.64. The van der Waals surface area contributed by atoms with E-state index in [1.807, 2.05) is 30.3 Å². The number of nitrogens with one attached hydrogen (secondary N) is 2. The first-order chi connectivity index (χ1) is 16.1. The van der Waals surface area contributed by atoms with Crippen LogP contribution in [0.25, 0.3) is 0 Å². The first kappa shape index (κ1) is 23.4. The lowest BCUT2D eigenvalue weighted by atomic mass is 9.96. The van der Waals surface area contributed by atoms with Gasteiger partial charge in [0.05, 0.1) is 12.1 Å². The van der Waals surface area contributed by atoms with E-state index in [0.29, 0.717) is 31.6 Å². The summed E-state index contributed by atoms with van der Waals surface area (Å²) in [5.74, 6) is 0.00596. The molecule has 1 aromatic carbocycles. The van der Waals surface area contributed by atoms with Crippen LogP contribution in [-0.4, -0.2) is 60.9 Å². The SMILES string of the molecule is N#Cc1c(NC(=O)CCN2CCN(CC(=O)NCc3ccccc3)CC2)sc2c1CCCC2. The van der Waals surface area contributed by atoms with Crippen molar-refractivity contribution in [3.05, 3.63) is 51.9 Å². The van der Waals surface area contributed by atoms with E-state index in [1.165, 1.54) is 4.88 Å². The van der Waals surface area contributed by atoms with Crippen molar-refractivity contribution in [1.82, 2.24) is 15.1 Å². The molecular formula is C25H31N5O2S. The molecule has 4 rings (SSSR count). The zero-order chi connectivity index (χ0) is 23.0. The summed E-state index contributed by atoms with van der Waals surface area (Å²) in [4.78, 5) is 30.5. The van der Waals surface area contributed by atoms with Crippen LogP contribution in [-0.2, 0) is 29.0 Å². The molecule has 0 unspecified atom stereocenters. The minimum Gasteiger partial charge on any atom is -0.351 e. The molecule has 8 heteroatoms. The highest BCUT2D eigenvalue weighted by molar-refractivity contribution is 7.16. The predicted octanol–water partition coefficient (Wildman–Crippen LogP) is 2.76. The van der Waals surface area contributed by atoms with E-state index in [1.54, 1.807) is 11.3 Å². The van der Waals surface area contributed by atoms with Crippen LogP contribution in [0.3, 0.4) is 0 Å². The molecule has 1 saturated heterocycles. The van der Waals surface area contributed by atoms with Crippen molar-refractivity contribution in [3.8, 4) is 6.07 Å². The number of benzene rings is 1. The molecule has 174 valence electrons. The van der Waals surface area contributed by atoms with Crippen molar-refractivity contribution in [1.29, 1.82) is 5.26 Å². The van der Waals surface area contributed by atoms with Crippen LogP contribution in [0.15, 0.2) is 30.3 Å². The highest BCUT2D eigenvalue weighted by Gasteiger charge is 2.23. The van der Waals surface area contributed by atoms with Crippen molar-refractivity contribution in [2.75, 3.05) is 44.6 Å². The topological polar surface area (TPSA) is 88.5 Å². The Hall–Kier alpha value is -2.73. The number of piperazine rings is 1. The van der Waals surface area contributed by atoms with Gasteiger partial charge in [0, 0.05) is 50.6 Å². The minimum atomic E-state index is -0.0344. The van der Waals surface area contributed by atoms with Gasteiger partial charge in [-0.2, -0.15) is 5.26 Å². The predicted molar refractivity (Wildman–Crippen MR) is 130 cm³/mol. The molecule has 1 aliphatic carbocycles. The number of nitrogens with zero attached hydrogens (tertiary/aromatic N) is 3. The van der Waals surface area contributed by atoms with Crippen LogP contribution in [0.5, 0.6) is 0 Å². The zero-order valence-corrected chi connectivity index (χ0v) is 19.8. The second-order valence-corrected chi connectivity index (χ2v) is 9.81. The molecule has 1 aliphatic heterocycles. The lowest BCUT2D eigenvalue weighted by molar-refractivity contribution is -0.122. The van der Waals surface area contributed by atoms with Crippen LogP contribution in [0, 0.1) is 11.3 Å². The van der Waals surface area contributed by atoms with Gasteiger partial charge in [-0.3, -0.25) is 14.5 Å². The van der Waals surface area contributed by atoms with Crippen LogP contribution in [0.2, 0.25) is 0 Å². The number of anilines is 1. The third kappa shape index (κ3) is 6.41. The molecule has 2 N–H and O–H groups in total. The van der Waals surface area contributed by atoms with Gasteiger partial charge >= 0.3 is 0 Å². The number of amides is 2. The summed E-state index contributed by atoms with van der Waals surface area (Å²) in [6, 6.07) is 12.2. The number of aryl methyl sites for hydroxylation is 1. The van der Waals surface area contributed by atoms with Gasteiger partial charge in [0.25, 0.3) is 0 Å². The molecule has 2 amide bonds. The monoisotopic (exact) mass is 465 g/mol. The second-order valence-electron chi connectivity index (χ2n) is 8.71. The number of nitriles is 1. The average Bonchev–Trinajstić information content (AvgIpc) is 3.19. The Kier molecular flexibility index (Phi) is 8.10. The van der Waals surface area contributed by atoms with E-state index < -0.39 is 0 Å². The Morgan fingerprint density at radius 2 is 1.73 bits per heavy atom. The van der Waals surface area contributed by atoms with E-state index >= 15 is 0 Å². The Bertz CT molecular complexity index is 1010. The number of hydrogen-bond acceptors (Lipinski definition) is 6. The first-order valence-corrected chi connectivity index (χ1v) is 12.5. The lowest BCUT2D eigenvalue weighted by Gasteiger charge is -2.34. The molecule has 2 heterocycles. The third-order valence-corrected chi connectivity index (χ3v) is 7.56. The largest absolute Gasteiger partial charge is 0.351 e. The fraction of sp³-hybridized carbons (Fsp3) is 0.480. The second kappa shape index (κ2) is 11.4. The minimum absolute atomic E-state index is 0.0344. The van der Waals surface area contributed by atoms with E-state index in [4.69, 9.17) is 0 Å². The summed E-state index contributed by atoms with van der Waals surface area (Å²) < 4.78 is 0. The van der Waals surface area contributed by atoms with E-state index in [2.05, 4.69) is 26.5 Å². The number of rotatable bonds is 8. The van der Waals surface area contributed by atoms with Crippen molar-refractivity contribution in [3.63, 3.8) is 0 Å². The summed E-state index contributed by atoms with van der Waals surface area (Å²) in [5, 5.41) is 16.2. The summed E-state index contributed by atoms with van der Waals surface area (Å²) in [6.45, 7) is 4.96. The Morgan fingerprint density at radius 3 is 2.48 bits per heavy atom. The molecule has 0 bridgehead atoms. The molecule has 0 atom stereocenters. The lowest BCUT2D eigenvalue weighted by Crippen LogP contribution is -2.49. The van der Waals surface area contributed by atoms with Gasteiger partial charge in [0.15, 0.2) is 0 Å². The number of hydrogen-bond donors (Lipinski definition) is 2. The first-order valence-electron chi connectivity index (χ1n) is 11.7. The van der Waals surface area contributed by atoms with Gasteiger partial charge in [0.2, 0.25) is 11.8 Å². The van der Waals surface area contributed by atoms with E-state index in [9.17, 15) is 14.9 Å². The summed E-state index contributed by atoms with van der Waals surface area (Å²) in [7, 11) is 0. The van der Waals surface area contributed by atoms with Crippen LogP contribution >= 0.6 is 11.3 Å². The van der Waals surface area contributed by atoms with Crippen LogP contribution < -0.4 is 10.6 Å². The Labute approximate surface area is 199 Å². The molecule has 7 nitrogen and oxygen atoms in total. The van der Waals surface area contributed by atoms with Gasteiger partial charge in [0.1, 0.15) is 11.1 Å². The third-order valence-electron chi connectivity index (χ3n) is 6.36. The number of fused-ring (bicyclic) bond motifs is 1. The molecule has 0 radical (unpaired) electrons. The Balaban J connectivity index is 1.16. The Morgan fingerprint density at radius 1 is 1.00 bits per heavy atom. The van der Waals surface area contributed by atoms with E-state index in [-0.39, 0.29) is 11.8 Å². The van der Waals surface area contributed by atoms with Gasteiger partial charge in [-0.05, 0) is 36.8 Å². The number of carbonyl (C=O) groups is 2. The highest BCUT2D eigenvalue weighted by Crippen LogP contribution is 2.37. The van der Waals surface area contributed by atoms with Crippen molar-refractivity contribution < 1.29 is 9.59 Å². The molecule has 1 aromatic heterocycles. The van der Waals surface area contributed by atoms with Crippen molar-refractivity contribution >= 4 is 28.2 Å². The summed E-state index contributed by atoms with van der Waals surface area (Å²) >= 11 is 1.57. The van der Waals surface area contributed by atoms with Gasteiger partial charge in [-0.1, -0.05) is 30.3 Å². The molecule has 2 aliphatic rings. The maximum absolute atomic E-state index is 12.5. The van der Waals surface area contributed by atoms with Crippen LogP contribution in [0.1, 0.15) is 40.8 Å². The van der Waals surface area contributed by atoms with Gasteiger partial charge in [-0.15, -0.1) is 11.3 Å². The maximum Gasteiger partial charge on any atom is 0.234 e. The summed E-state index contributed by atoms with van der Waals surface area (Å²) in [5.41, 5.74) is 2.91. The van der Waals surface area contributed by atoms with Gasteiger partial charge < -0.3 is 15.5 Å². The van der Waals surface area contributed by atoms with Gasteiger partial charge in [-0.25, -0.2) is 0 Å². The van der Waals surface area contributed by atoms with E-state index in [0.717, 1.165) is 68.0 Å². The molecular weight excluding hydrogens is 434 g/mol. The normalized spacial score (nSPS) is 16.6. The fourth-order valence-electron chi connectivity index (χ4n) is 4.45. The van der Waals surface area contributed by atoms with Crippen LogP contribution in [0.4, 0.5) is 5.00 Å². The molecule has 0 spiro atoms. The number of thiophene rings is 1. The number of carbonyl (C=O) groups excluding carboxylic acids is 2. The van der Waals surface area contributed by atoms with Crippen molar-refractivity contribution in [2.45, 2.75) is 38.6 Å². The standard InChI is InChI=1S/C25H31N5O2S/c26-16-21-20-8-4-5-9-22(20)33-25(21)28-23(31)10-11-29-12-14-30(15-13-29)18-24(32)27-17-19-6-2-1-3-7-19/h1-3,6-7H,4-5,8-15,17-18H2,(H,27,32)(H,28,31). The molecule has 2 aromatic rings. The molecule has 1 fully saturated rings. The fourth-order valence-corrected chi connectivity index (χ4v) is 5.70. The average molecular weight is 466 g/mol. The van der Waals surface area contributed by atoms with Crippen molar-refractivity contribution in [2.24, 2.45) is 0 Å². The smallest absolute Gasteiger partial charge is 0.234 e. The molecule has 33 heavy (non-hydrogen) atoms. The maximum atomic E-state index is 12.5. The quantitative estimate of drug-likeness (QED) is 0.626. The zero-order valence-electron chi connectivity index (χ0n) is 18.9. The highest BCUT2D eigenvalue weighted by atomic mass is 32.1. The molecule has 0 saturated carbocycles.